The van der Waals surface area contributed by atoms with E-state index < -0.39 is 6.10 Å². The van der Waals surface area contributed by atoms with Gasteiger partial charge in [-0.1, -0.05) is 0 Å². The molecule has 0 spiro atoms. The standard InChI is InChI=1S/C11H15FO3/c12-9-4-5-11(15)8(6-9)2-1-3-10(14)7-13/h4-6,10,13-15H,1-3,7H2. The smallest absolute Gasteiger partial charge is 0.123 e. The largest absolute Gasteiger partial charge is 0.508 e. The van der Waals surface area contributed by atoms with Crippen LogP contribution in [0.25, 0.3) is 0 Å². The lowest BCUT2D eigenvalue weighted by Crippen LogP contribution is -2.11. The summed E-state index contributed by atoms with van der Waals surface area (Å²) >= 11 is 0. The minimum Gasteiger partial charge on any atom is -0.508 e. The van der Waals surface area contributed by atoms with Crippen LogP contribution in [-0.2, 0) is 6.42 Å². The lowest BCUT2D eigenvalue weighted by molar-refractivity contribution is 0.0867. The number of aliphatic hydroxyl groups is 2. The van der Waals surface area contributed by atoms with Gasteiger partial charge in [0.15, 0.2) is 0 Å². The maximum absolute atomic E-state index is 12.8. The normalized spacial score (nSPS) is 12.7. The van der Waals surface area contributed by atoms with Gasteiger partial charge in [-0.2, -0.15) is 0 Å². The molecule has 1 aromatic carbocycles. The average molecular weight is 214 g/mol. The van der Waals surface area contributed by atoms with Gasteiger partial charge in [0, 0.05) is 0 Å². The van der Waals surface area contributed by atoms with Gasteiger partial charge < -0.3 is 15.3 Å². The zero-order valence-electron chi connectivity index (χ0n) is 8.36. The first-order valence-corrected chi connectivity index (χ1v) is 4.90. The summed E-state index contributed by atoms with van der Waals surface area (Å²) in [6.07, 6.45) is 0.784. The van der Waals surface area contributed by atoms with Gasteiger partial charge in [0.25, 0.3) is 0 Å². The monoisotopic (exact) mass is 214 g/mol. The number of aromatic hydroxyl groups is 1. The Morgan fingerprint density at radius 2 is 2.07 bits per heavy atom. The summed E-state index contributed by atoms with van der Waals surface area (Å²) in [6.45, 7) is -0.269. The molecule has 0 amide bonds. The number of benzene rings is 1. The average Bonchev–Trinajstić information content (AvgIpc) is 2.23. The molecule has 1 rings (SSSR count). The molecule has 0 radical (unpaired) electrons. The van der Waals surface area contributed by atoms with E-state index >= 15 is 0 Å². The molecule has 0 heterocycles. The van der Waals surface area contributed by atoms with Crippen LogP contribution >= 0.6 is 0 Å². The second kappa shape index (κ2) is 5.68. The Kier molecular flexibility index (Phi) is 4.52. The maximum atomic E-state index is 12.8. The van der Waals surface area contributed by atoms with Crippen molar-refractivity contribution in [1.29, 1.82) is 0 Å². The van der Waals surface area contributed by atoms with Crippen molar-refractivity contribution in [2.45, 2.75) is 25.4 Å². The Morgan fingerprint density at radius 1 is 1.33 bits per heavy atom. The molecule has 0 saturated carbocycles. The van der Waals surface area contributed by atoms with Crippen LogP contribution in [-0.4, -0.2) is 28.0 Å². The van der Waals surface area contributed by atoms with Crippen LogP contribution in [0.1, 0.15) is 18.4 Å². The highest BCUT2D eigenvalue weighted by Gasteiger charge is 2.05. The molecule has 0 aromatic heterocycles. The van der Waals surface area contributed by atoms with E-state index in [0.29, 0.717) is 24.8 Å². The number of hydrogen-bond donors (Lipinski definition) is 3. The van der Waals surface area contributed by atoms with Crippen molar-refractivity contribution >= 4 is 0 Å². The van der Waals surface area contributed by atoms with E-state index in [1.165, 1.54) is 18.2 Å². The zero-order valence-corrected chi connectivity index (χ0v) is 8.36. The van der Waals surface area contributed by atoms with Crippen LogP contribution < -0.4 is 0 Å². The predicted molar refractivity (Wildman–Crippen MR) is 54.1 cm³/mol. The van der Waals surface area contributed by atoms with Crippen molar-refractivity contribution < 1.29 is 19.7 Å². The maximum Gasteiger partial charge on any atom is 0.123 e. The number of rotatable bonds is 5. The first-order valence-electron chi connectivity index (χ1n) is 4.90. The highest BCUT2D eigenvalue weighted by Crippen LogP contribution is 2.20. The third-order valence-corrected chi connectivity index (χ3v) is 2.24. The molecule has 0 bridgehead atoms. The highest BCUT2D eigenvalue weighted by molar-refractivity contribution is 5.32. The third kappa shape index (κ3) is 3.85. The summed E-state index contributed by atoms with van der Waals surface area (Å²) in [5.41, 5.74) is 0.528. The van der Waals surface area contributed by atoms with Gasteiger partial charge in [-0.15, -0.1) is 0 Å². The predicted octanol–water partition coefficient (Wildman–Crippen LogP) is 1.21. The van der Waals surface area contributed by atoms with Crippen LogP contribution in [0, 0.1) is 5.82 Å². The number of halogens is 1. The van der Waals surface area contributed by atoms with E-state index in [0.717, 1.165) is 0 Å². The number of hydrogen-bond acceptors (Lipinski definition) is 3. The lowest BCUT2D eigenvalue weighted by Gasteiger charge is -2.07. The van der Waals surface area contributed by atoms with E-state index in [1.807, 2.05) is 0 Å². The van der Waals surface area contributed by atoms with Crippen molar-refractivity contribution in [1.82, 2.24) is 0 Å². The first kappa shape index (κ1) is 11.9. The van der Waals surface area contributed by atoms with Gasteiger partial charge in [-0.25, -0.2) is 4.39 Å². The second-order valence-electron chi connectivity index (χ2n) is 3.50. The van der Waals surface area contributed by atoms with E-state index in [1.54, 1.807) is 0 Å². The number of phenolic OH excluding ortho intramolecular Hbond substituents is 1. The van der Waals surface area contributed by atoms with Crippen LogP contribution in [0.3, 0.4) is 0 Å². The van der Waals surface area contributed by atoms with E-state index in [-0.39, 0.29) is 18.2 Å². The Hall–Kier alpha value is -1.13. The van der Waals surface area contributed by atoms with Crippen LogP contribution in [0.2, 0.25) is 0 Å². The molecule has 4 heteroatoms. The van der Waals surface area contributed by atoms with Crippen molar-refractivity contribution in [3.05, 3.63) is 29.6 Å². The van der Waals surface area contributed by atoms with Crippen LogP contribution in [0.4, 0.5) is 4.39 Å². The fraction of sp³-hybridized carbons (Fsp3) is 0.455. The Balaban J connectivity index is 2.46. The van der Waals surface area contributed by atoms with Crippen molar-refractivity contribution in [3.63, 3.8) is 0 Å². The van der Waals surface area contributed by atoms with Crippen molar-refractivity contribution in [3.8, 4) is 5.75 Å². The fourth-order valence-corrected chi connectivity index (χ4v) is 1.37. The molecule has 1 atom stereocenters. The second-order valence-corrected chi connectivity index (χ2v) is 3.50. The molecule has 1 aromatic rings. The molecule has 0 fully saturated rings. The summed E-state index contributed by atoms with van der Waals surface area (Å²) in [7, 11) is 0. The quantitative estimate of drug-likeness (QED) is 0.690. The summed E-state index contributed by atoms with van der Waals surface area (Å²) in [5, 5.41) is 27.0. The lowest BCUT2D eigenvalue weighted by atomic mass is 10.1. The van der Waals surface area contributed by atoms with Gasteiger partial charge >= 0.3 is 0 Å². The molecule has 15 heavy (non-hydrogen) atoms. The summed E-state index contributed by atoms with van der Waals surface area (Å²) < 4.78 is 12.8. The van der Waals surface area contributed by atoms with E-state index in [2.05, 4.69) is 0 Å². The number of aliphatic hydroxyl groups excluding tert-OH is 2. The van der Waals surface area contributed by atoms with E-state index in [4.69, 9.17) is 10.2 Å². The highest BCUT2D eigenvalue weighted by atomic mass is 19.1. The topological polar surface area (TPSA) is 60.7 Å². The Morgan fingerprint density at radius 3 is 2.73 bits per heavy atom. The molecule has 3 nitrogen and oxygen atoms in total. The Labute approximate surface area is 87.8 Å². The molecule has 0 saturated heterocycles. The molecule has 0 aliphatic rings. The summed E-state index contributed by atoms with van der Waals surface area (Å²) in [5.74, 6) is -0.319. The molecule has 0 aliphatic carbocycles. The molecule has 3 N–H and O–H groups in total. The van der Waals surface area contributed by atoms with Gasteiger partial charge in [-0.05, 0) is 43.0 Å². The number of phenols is 1. The van der Waals surface area contributed by atoms with Gasteiger partial charge in [-0.3, -0.25) is 0 Å². The molecular weight excluding hydrogens is 199 g/mol. The van der Waals surface area contributed by atoms with Crippen molar-refractivity contribution in [2.75, 3.05) is 6.61 Å². The van der Waals surface area contributed by atoms with Crippen molar-refractivity contribution in [2.24, 2.45) is 0 Å². The van der Waals surface area contributed by atoms with Crippen LogP contribution in [0.15, 0.2) is 18.2 Å². The fourth-order valence-electron chi connectivity index (χ4n) is 1.37. The number of aryl methyl sites for hydroxylation is 1. The van der Waals surface area contributed by atoms with Gasteiger partial charge in [0.05, 0.1) is 12.7 Å². The SMILES string of the molecule is OCC(O)CCCc1cc(F)ccc1O. The van der Waals surface area contributed by atoms with Crippen LogP contribution in [0.5, 0.6) is 5.75 Å². The van der Waals surface area contributed by atoms with Gasteiger partial charge in [0.1, 0.15) is 11.6 Å². The zero-order chi connectivity index (χ0) is 11.3. The van der Waals surface area contributed by atoms with Gasteiger partial charge in [0.2, 0.25) is 0 Å². The molecular formula is C11H15FO3. The summed E-state index contributed by atoms with van der Waals surface area (Å²) in [6, 6.07) is 3.79. The summed E-state index contributed by atoms with van der Waals surface area (Å²) in [4.78, 5) is 0. The molecule has 1 unspecified atom stereocenters. The minimum absolute atomic E-state index is 0.0647. The van der Waals surface area contributed by atoms with E-state index in [9.17, 15) is 9.50 Å². The third-order valence-electron chi connectivity index (χ3n) is 2.24. The first-order chi connectivity index (χ1) is 7.13. The minimum atomic E-state index is -0.735. The Bertz CT molecular complexity index is 315. The molecule has 0 aliphatic heterocycles. The molecule has 84 valence electrons.